The van der Waals surface area contributed by atoms with Crippen LogP contribution in [0.3, 0.4) is 0 Å². The molecule has 8 heteroatoms. The van der Waals surface area contributed by atoms with Gasteiger partial charge in [-0.25, -0.2) is 4.99 Å². The highest BCUT2D eigenvalue weighted by molar-refractivity contribution is 8.15. The molecule has 2 aromatic carbocycles. The number of thioether (sulfide) groups is 1. The summed E-state index contributed by atoms with van der Waals surface area (Å²) in [6.45, 7) is 6.73. The fourth-order valence-corrected chi connectivity index (χ4v) is 4.82. The van der Waals surface area contributed by atoms with Crippen molar-refractivity contribution >= 4 is 40.1 Å². The third kappa shape index (κ3) is 6.27. The predicted octanol–water partition coefficient (Wildman–Crippen LogP) is 5.26. The van der Waals surface area contributed by atoms with E-state index in [1.165, 1.54) is 11.8 Å². The van der Waals surface area contributed by atoms with Gasteiger partial charge in [0.25, 0.3) is 0 Å². The number of hydrogen-bond acceptors (Lipinski definition) is 6. The van der Waals surface area contributed by atoms with Gasteiger partial charge in [-0.15, -0.1) is 0 Å². The molecule has 1 unspecified atom stereocenters. The Kier molecular flexibility index (Phi) is 7.82. The zero-order valence-corrected chi connectivity index (χ0v) is 20.8. The SMILES string of the molecule is CCOc1ccc(N=C2SC(CC(=O)Nc3cc(C)ccc3C)C(=O)N2Cc2ccccn2)cc1. The third-order valence-electron chi connectivity index (χ3n) is 5.48. The summed E-state index contributed by atoms with van der Waals surface area (Å²) in [6, 6.07) is 18.9. The van der Waals surface area contributed by atoms with E-state index in [-0.39, 0.29) is 24.8 Å². The van der Waals surface area contributed by atoms with Crippen molar-refractivity contribution in [2.75, 3.05) is 11.9 Å². The second kappa shape index (κ2) is 11.2. The number of aromatic nitrogens is 1. The number of anilines is 1. The molecule has 0 aliphatic carbocycles. The topological polar surface area (TPSA) is 83.9 Å². The highest BCUT2D eigenvalue weighted by Gasteiger charge is 2.39. The zero-order valence-electron chi connectivity index (χ0n) is 20.0. The Morgan fingerprint density at radius 2 is 1.94 bits per heavy atom. The first-order valence-electron chi connectivity index (χ1n) is 11.5. The maximum atomic E-state index is 13.4. The van der Waals surface area contributed by atoms with Gasteiger partial charge in [-0.2, -0.15) is 0 Å². The second-order valence-electron chi connectivity index (χ2n) is 8.24. The number of nitrogens with one attached hydrogen (secondary N) is 1. The molecule has 1 aromatic heterocycles. The van der Waals surface area contributed by atoms with Crippen LogP contribution in [0.4, 0.5) is 11.4 Å². The Balaban J connectivity index is 1.54. The standard InChI is InChI=1S/C27H28N4O3S/c1-4-34-22-12-10-20(11-13-22)29-27-31(17-21-7-5-6-14-28-21)26(33)24(35-27)16-25(32)30-23-15-18(2)8-9-19(23)3/h5-15,24H,4,16-17H2,1-3H3,(H,30,32). The number of hydrogen-bond donors (Lipinski definition) is 1. The molecule has 1 N–H and O–H groups in total. The van der Waals surface area contributed by atoms with Gasteiger partial charge in [0.1, 0.15) is 11.0 Å². The Labute approximate surface area is 209 Å². The van der Waals surface area contributed by atoms with Crippen LogP contribution in [0.15, 0.2) is 71.9 Å². The average Bonchev–Trinajstić information content (AvgIpc) is 3.12. The lowest BCUT2D eigenvalue weighted by molar-refractivity contribution is -0.128. The van der Waals surface area contributed by atoms with Gasteiger partial charge < -0.3 is 10.1 Å². The van der Waals surface area contributed by atoms with E-state index in [9.17, 15) is 9.59 Å². The summed E-state index contributed by atoms with van der Waals surface area (Å²) in [4.78, 5) is 36.9. The molecule has 1 aliphatic rings. The molecule has 3 aromatic rings. The van der Waals surface area contributed by atoms with Gasteiger partial charge in [-0.1, -0.05) is 30.0 Å². The van der Waals surface area contributed by atoms with E-state index in [0.29, 0.717) is 17.5 Å². The number of aryl methyl sites for hydroxylation is 2. The predicted molar refractivity (Wildman–Crippen MR) is 140 cm³/mol. The smallest absolute Gasteiger partial charge is 0.243 e. The van der Waals surface area contributed by atoms with Crippen molar-refractivity contribution < 1.29 is 14.3 Å². The summed E-state index contributed by atoms with van der Waals surface area (Å²) in [5.41, 5.74) is 4.25. The van der Waals surface area contributed by atoms with Crippen LogP contribution in [-0.4, -0.2) is 38.7 Å². The monoisotopic (exact) mass is 488 g/mol. The molecule has 1 atom stereocenters. The molecule has 180 valence electrons. The van der Waals surface area contributed by atoms with Gasteiger partial charge in [-0.05, 0) is 74.4 Å². The number of ether oxygens (including phenoxy) is 1. The van der Waals surface area contributed by atoms with Crippen molar-refractivity contribution in [1.29, 1.82) is 0 Å². The highest BCUT2D eigenvalue weighted by atomic mass is 32.2. The Hall–Kier alpha value is -3.65. The molecular weight excluding hydrogens is 460 g/mol. The van der Waals surface area contributed by atoms with E-state index in [2.05, 4.69) is 10.3 Å². The number of carbonyl (C=O) groups is 2. The summed E-state index contributed by atoms with van der Waals surface area (Å²) >= 11 is 1.31. The largest absolute Gasteiger partial charge is 0.494 e. The van der Waals surface area contributed by atoms with Gasteiger partial charge in [0.2, 0.25) is 11.8 Å². The molecule has 2 heterocycles. The molecule has 1 fully saturated rings. The molecule has 1 aliphatic heterocycles. The van der Waals surface area contributed by atoms with Gasteiger partial charge in [0.15, 0.2) is 5.17 Å². The Bertz CT molecular complexity index is 1230. The minimum atomic E-state index is -0.565. The number of aliphatic imine (C=N–C) groups is 1. The molecule has 1 saturated heterocycles. The van der Waals surface area contributed by atoms with Crippen molar-refractivity contribution in [2.24, 2.45) is 4.99 Å². The molecule has 7 nitrogen and oxygen atoms in total. The average molecular weight is 489 g/mol. The van der Waals surface area contributed by atoms with Crippen LogP contribution in [0.2, 0.25) is 0 Å². The van der Waals surface area contributed by atoms with Gasteiger partial charge in [0, 0.05) is 18.3 Å². The van der Waals surface area contributed by atoms with Gasteiger partial charge >= 0.3 is 0 Å². The van der Waals surface area contributed by atoms with E-state index < -0.39 is 5.25 Å². The molecule has 0 spiro atoms. The third-order valence-corrected chi connectivity index (χ3v) is 6.65. The number of carbonyl (C=O) groups excluding carboxylic acids is 2. The first-order valence-corrected chi connectivity index (χ1v) is 12.4. The van der Waals surface area contributed by atoms with E-state index in [1.54, 1.807) is 11.1 Å². The maximum Gasteiger partial charge on any atom is 0.243 e. The fourth-order valence-electron chi connectivity index (χ4n) is 3.66. The number of pyridine rings is 1. The molecule has 0 radical (unpaired) electrons. The highest BCUT2D eigenvalue weighted by Crippen LogP contribution is 2.33. The number of rotatable bonds is 8. The Morgan fingerprint density at radius 3 is 2.66 bits per heavy atom. The quantitative estimate of drug-likeness (QED) is 0.468. The van der Waals surface area contributed by atoms with Crippen molar-refractivity contribution in [1.82, 2.24) is 9.88 Å². The van der Waals surface area contributed by atoms with Crippen LogP contribution in [-0.2, 0) is 16.1 Å². The van der Waals surface area contributed by atoms with E-state index in [4.69, 9.17) is 9.73 Å². The van der Waals surface area contributed by atoms with Crippen LogP contribution in [0.1, 0.15) is 30.2 Å². The lowest BCUT2D eigenvalue weighted by Gasteiger charge is -2.16. The lowest BCUT2D eigenvalue weighted by Crippen LogP contribution is -2.33. The van der Waals surface area contributed by atoms with Crippen LogP contribution >= 0.6 is 11.8 Å². The zero-order chi connectivity index (χ0) is 24.8. The summed E-state index contributed by atoms with van der Waals surface area (Å²) in [6.07, 6.45) is 1.75. The Morgan fingerprint density at radius 1 is 1.14 bits per heavy atom. The summed E-state index contributed by atoms with van der Waals surface area (Å²) in [5, 5.41) is 2.94. The molecule has 0 saturated carbocycles. The lowest BCUT2D eigenvalue weighted by atomic mass is 10.1. The van der Waals surface area contributed by atoms with E-state index >= 15 is 0 Å². The van der Waals surface area contributed by atoms with Crippen LogP contribution < -0.4 is 10.1 Å². The number of amides is 2. The van der Waals surface area contributed by atoms with Crippen molar-refractivity contribution in [3.8, 4) is 5.75 Å². The normalized spacial score (nSPS) is 16.5. The van der Waals surface area contributed by atoms with Crippen molar-refractivity contribution in [2.45, 2.75) is 39.0 Å². The van der Waals surface area contributed by atoms with Crippen molar-refractivity contribution in [3.63, 3.8) is 0 Å². The molecular formula is C27H28N4O3S. The second-order valence-corrected chi connectivity index (χ2v) is 9.41. The molecule has 35 heavy (non-hydrogen) atoms. The number of amidine groups is 1. The minimum Gasteiger partial charge on any atom is -0.494 e. The van der Waals surface area contributed by atoms with Crippen molar-refractivity contribution in [3.05, 3.63) is 83.7 Å². The van der Waals surface area contributed by atoms with E-state index in [0.717, 1.165) is 28.3 Å². The molecule has 2 amide bonds. The van der Waals surface area contributed by atoms with Gasteiger partial charge in [-0.3, -0.25) is 19.5 Å². The van der Waals surface area contributed by atoms with Gasteiger partial charge in [0.05, 0.1) is 24.5 Å². The molecule has 0 bridgehead atoms. The first-order chi connectivity index (χ1) is 16.9. The maximum absolute atomic E-state index is 13.4. The van der Waals surface area contributed by atoms with Crippen LogP contribution in [0.25, 0.3) is 0 Å². The van der Waals surface area contributed by atoms with Crippen LogP contribution in [0, 0.1) is 13.8 Å². The minimum absolute atomic E-state index is 0.0535. The number of benzene rings is 2. The summed E-state index contributed by atoms with van der Waals surface area (Å²) in [5.74, 6) is 0.407. The number of nitrogens with zero attached hydrogens (tertiary/aromatic N) is 3. The summed E-state index contributed by atoms with van der Waals surface area (Å²) < 4.78 is 5.50. The summed E-state index contributed by atoms with van der Waals surface area (Å²) in [7, 11) is 0. The van der Waals surface area contributed by atoms with Crippen LogP contribution in [0.5, 0.6) is 5.75 Å². The molecule has 4 rings (SSSR count). The fraction of sp³-hybridized carbons (Fsp3) is 0.259. The van der Waals surface area contributed by atoms with E-state index in [1.807, 2.05) is 81.4 Å². The first kappa shape index (κ1) is 24.5.